The highest BCUT2D eigenvalue weighted by Crippen LogP contribution is 2.34. The third-order valence-corrected chi connectivity index (χ3v) is 5.30. The van der Waals surface area contributed by atoms with Crippen molar-refractivity contribution in [3.05, 3.63) is 53.6 Å². The zero-order valence-electron chi connectivity index (χ0n) is 14.4. The molecule has 25 heavy (non-hydrogen) atoms. The van der Waals surface area contributed by atoms with Gasteiger partial charge < -0.3 is 15.5 Å². The second kappa shape index (κ2) is 6.96. The van der Waals surface area contributed by atoms with Crippen LogP contribution in [0.2, 0.25) is 0 Å². The maximum absolute atomic E-state index is 13.2. The van der Waals surface area contributed by atoms with Crippen LogP contribution in [0.15, 0.2) is 42.5 Å². The van der Waals surface area contributed by atoms with Crippen molar-refractivity contribution in [3.63, 3.8) is 0 Å². The van der Waals surface area contributed by atoms with Crippen LogP contribution in [0.4, 0.5) is 17.1 Å². The number of para-hydroxylation sites is 1. The summed E-state index contributed by atoms with van der Waals surface area (Å²) in [5, 5.41) is 0. The van der Waals surface area contributed by atoms with Crippen molar-refractivity contribution in [2.75, 3.05) is 28.6 Å². The van der Waals surface area contributed by atoms with Gasteiger partial charge in [-0.1, -0.05) is 24.3 Å². The standard InChI is InChI=1S/C20H23N3O.ClH/c1-14(20(24)23-13-11-15-6-2-3-9-18(15)23)22-12-5-7-16-17(21)8-4-10-19(16)22;/h2-4,6,8-10,14H,5,7,11-13,21H2,1H3;1H. The van der Waals surface area contributed by atoms with Gasteiger partial charge in [-0.15, -0.1) is 12.4 Å². The van der Waals surface area contributed by atoms with Crippen LogP contribution in [0, 0.1) is 0 Å². The second-order valence-corrected chi connectivity index (χ2v) is 6.69. The molecular formula is C20H24ClN3O. The number of hydrogen-bond donors (Lipinski definition) is 1. The summed E-state index contributed by atoms with van der Waals surface area (Å²) in [7, 11) is 0. The Kier molecular flexibility index (Phi) is 4.91. The van der Waals surface area contributed by atoms with E-state index in [0.717, 1.165) is 49.4 Å². The van der Waals surface area contributed by atoms with Gasteiger partial charge >= 0.3 is 0 Å². The average Bonchev–Trinajstić information content (AvgIpc) is 3.04. The fourth-order valence-corrected chi connectivity index (χ4v) is 4.01. The molecule has 132 valence electrons. The first-order valence-electron chi connectivity index (χ1n) is 8.70. The lowest BCUT2D eigenvalue weighted by Crippen LogP contribution is -2.48. The van der Waals surface area contributed by atoms with Crippen molar-refractivity contribution >= 4 is 35.4 Å². The summed E-state index contributed by atoms with van der Waals surface area (Å²) in [6, 6.07) is 14.1. The minimum atomic E-state index is -0.183. The molecule has 0 spiro atoms. The summed E-state index contributed by atoms with van der Waals surface area (Å²) >= 11 is 0. The minimum absolute atomic E-state index is 0. The lowest BCUT2D eigenvalue weighted by atomic mass is 9.98. The number of anilines is 3. The van der Waals surface area contributed by atoms with Gasteiger partial charge in [0.25, 0.3) is 0 Å². The quantitative estimate of drug-likeness (QED) is 0.838. The molecule has 4 nitrogen and oxygen atoms in total. The van der Waals surface area contributed by atoms with Crippen LogP contribution < -0.4 is 15.5 Å². The number of carbonyl (C=O) groups is 1. The summed E-state index contributed by atoms with van der Waals surface area (Å²) in [6.07, 6.45) is 2.97. The molecule has 0 fully saturated rings. The number of halogens is 1. The van der Waals surface area contributed by atoms with E-state index in [1.165, 1.54) is 11.1 Å². The van der Waals surface area contributed by atoms with Crippen molar-refractivity contribution in [2.45, 2.75) is 32.2 Å². The van der Waals surface area contributed by atoms with Gasteiger partial charge in [0, 0.05) is 30.2 Å². The van der Waals surface area contributed by atoms with Gasteiger partial charge in [-0.25, -0.2) is 0 Å². The van der Waals surface area contributed by atoms with Crippen molar-refractivity contribution < 1.29 is 4.79 Å². The maximum atomic E-state index is 13.2. The van der Waals surface area contributed by atoms with E-state index < -0.39 is 0 Å². The lowest BCUT2D eigenvalue weighted by Gasteiger charge is -2.37. The Labute approximate surface area is 155 Å². The molecular weight excluding hydrogens is 334 g/mol. The van der Waals surface area contributed by atoms with Gasteiger partial charge in [-0.3, -0.25) is 4.79 Å². The monoisotopic (exact) mass is 357 g/mol. The van der Waals surface area contributed by atoms with Crippen LogP contribution >= 0.6 is 12.4 Å². The molecule has 2 aromatic carbocycles. The molecule has 2 N–H and O–H groups in total. The van der Waals surface area contributed by atoms with Crippen molar-refractivity contribution in [2.24, 2.45) is 0 Å². The van der Waals surface area contributed by atoms with E-state index in [2.05, 4.69) is 23.1 Å². The van der Waals surface area contributed by atoms with Gasteiger partial charge in [0.15, 0.2) is 0 Å². The molecule has 1 amide bonds. The molecule has 0 bridgehead atoms. The van der Waals surface area contributed by atoms with Gasteiger partial charge in [0.1, 0.15) is 6.04 Å². The largest absolute Gasteiger partial charge is 0.398 e. The Morgan fingerprint density at radius 3 is 2.64 bits per heavy atom. The summed E-state index contributed by atoms with van der Waals surface area (Å²) in [5.74, 6) is 0.176. The van der Waals surface area contributed by atoms with Gasteiger partial charge in [-0.05, 0) is 55.5 Å². The number of carbonyl (C=O) groups excluding carboxylic acids is 1. The van der Waals surface area contributed by atoms with E-state index in [-0.39, 0.29) is 24.4 Å². The summed E-state index contributed by atoms with van der Waals surface area (Å²) in [5.41, 5.74) is 11.6. The summed E-state index contributed by atoms with van der Waals surface area (Å²) in [6.45, 7) is 3.69. The Morgan fingerprint density at radius 1 is 1.04 bits per heavy atom. The molecule has 0 aromatic heterocycles. The highest BCUT2D eigenvalue weighted by atomic mass is 35.5. The number of nitrogens with two attached hydrogens (primary N) is 1. The number of rotatable bonds is 2. The van der Waals surface area contributed by atoms with E-state index in [4.69, 9.17) is 5.73 Å². The highest BCUT2D eigenvalue weighted by molar-refractivity contribution is 6.00. The Morgan fingerprint density at radius 2 is 1.80 bits per heavy atom. The molecule has 1 atom stereocenters. The first-order chi connectivity index (χ1) is 11.7. The molecule has 5 heteroatoms. The zero-order valence-corrected chi connectivity index (χ0v) is 15.3. The molecule has 0 radical (unpaired) electrons. The average molecular weight is 358 g/mol. The van der Waals surface area contributed by atoms with Crippen molar-refractivity contribution in [1.29, 1.82) is 0 Å². The minimum Gasteiger partial charge on any atom is -0.398 e. The number of hydrogen-bond acceptors (Lipinski definition) is 3. The summed E-state index contributed by atoms with van der Waals surface area (Å²) < 4.78 is 0. The lowest BCUT2D eigenvalue weighted by molar-refractivity contribution is -0.119. The third-order valence-electron chi connectivity index (χ3n) is 5.30. The number of nitrogen functional groups attached to an aromatic ring is 1. The van der Waals surface area contributed by atoms with Gasteiger partial charge in [0.2, 0.25) is 5.91 Å². The van der Waals surface area contributed by atoms with E-state index in [1.807, 2.05) is 36.1 Å². The number of nitrogens with zero attached hydrogens (tertiary/aromatic N) is 2. The molecule has 2 aliphatic heterocycles. The van der Waals surface area contributed by atoms with Crippen molar-refractivity contribution in [3.8, 4) is 0 Å². The zero-order chi connectivity index (χ0) is 16.7. The smallest absolute Gasteiger partial charge is 0.249 e. The fourth-order valence-electron chi connectivity index (χ4n) is 4.01. The predicted octanol–water partition coefficient (Wildman–Crippen LogP) is 3.42. The third kappa shape index (κ3) is 2.95. The SMILES string of the molecule is CC(C(=O)N1CCc2ccccc21)N1CCCc2c(N)cccc21.Cl. The van der Waals surface area contributed by atoms with Crippen molar-refractivity contribution in [1.82, 2.24) is 0 Å². The number of benzene rings is 2. The molecule has 0 saturated carbocycles. The summed E-state index contributed by atoms with van der Waals surface area (Å²) in [4.78, 5) is 17.3. The van der Waals surface area contributed by atoms with Crippen LogP contribution in [-0.4, -0.2) is 25.0 Å². The molecule has 0 saturated heterocycles. The second-order valence-electron chi connectivity index (χ2n) is 6.69. The Bertz CT molecular complexity index is 792. The van der Waals surface area contributed by atoms with E-state index in [9.17, 15) is 4.79 Å². The van der Waals surface area contributed by atoms with Crippen LogP contribution in [0.3, 0.4) is 0 Å². The molecule has 2 heterocycles. The van der Waals surface area contributed by atoms with E-state index in [1.54, 1.807) is 0 Å². The highest BCUT2D eigenvalue weighted by Gasteiger charge is 2.32. The molecule has 4 rings (SSSR count). The molecule has 2 aromatic rings. The topological polar surface area (TPSA) is 49.6 Å². The number of amides is 1. The first-order valence-corrected chi connectivity index (χ1v) is 8.70. The van der Waals surface area contributed by atoms with Gasteiger partial charge in [-0.2, -0.15) is 0 Å². The fraction of sp³-hybridized carbons (Fsp3) is 0.350. The number of fused-ring (bicyclic) bond motifs is 2. The van der Waals surface area contributed by atoms with E-state index in [0.29, 0.717) is 0 Å². The molecule has 2 aliphatic rings. The van der Waals surface area contributed by atoms with Crippen LogP contribution in [0.25, 0.3) is 0 Å². The van der Waals surface area contributed by atoms with Crippen LogP contribution in [0.5, 0.6) is 0 Å². The normalized spacial score (nSPS) is 16.7. The molecule has 1 unspecified atom stereocenters. The first kappa shape index (κ1) is 17.6. The predicted molar refractivity (Wildman–Crippen MR) is 106 cm³/mol. The maximum Gasteiger partial charge on any atom is 0.249 e. The van der Waals surface area contributed by atoms with Crippen LogP contribution in [0.1, 0.15) is 24.5 Å². The Balaban J connectivity index is 0.00000182. The van der Waals surface area contributed by atoms with Gasteiger partial charge in [0.05, 0.1) is 0 Å². The Hall–Kier alpha value is -2.20. The molecule has 0 aliphatic carbocycles. The van der Waals surface area contributed by atoms with E-state index >= 15 is 0 Å². The van der Waals surface area contributed by atoms with Crippen LogP contribution in [-0.2, 0) is 17.6 Å².